The minimum atomic E-state index is -4.61. The van der Waals surface area contributed by atoms with Crippen LogP contribution in [0.25, 0.3) is 0 Å². The SMILES string of the molecule is Cc1cc(S(=O)(=O)N(CCCl)CC(F)(F)F)sc1Br. The molecule has 0 spiro atoms. The van der Waals surface area contributed by atoms with Gasteiger partial charge in [0.25, 0.3) is 10.0 Å². The van der Waals surface area contributed by atoms with Crippen LogP contribution in [0.2, 0.25) is 0 Å². The minimum absolute atomic E-state index is 0.133. The summed E-state index contributed by atoms with van der Waals surface area (Å²) in [6, 6.07) is 1.34. The summed E-state index contributed by atoms with van der Waals surface area (Å²) in [5, 5.41) is 0. The molecule has 0 fully saturated rings. The number of hydrogen-bond acceptors (Lipinski definition) is 3. The highest BCUT2D eigenvalue weighted by atomic mass is 79.9. The van der Waals surface area contributed by atoms with Gasteiger partial charge in [-0.25, -0.2) is 8.42 Å². The predicted molar refractivity (Wildman–Crippen MR) is 72.3 cm³/mol. The van der Waals surface area contributed by atoms with E-state index in [2.05, 4.69) is 15.9 Å². The van der Waals surface area contributed by atoms with Crippen molar-refractivity contribution in [2.75, 3.05) is 19.0 Å². The third-order valence-corrected chi connectivity index (χ3v) is 6.72. The molecular formula is C9H10BrClF3NO2S2. The maximum atomic E-state index is 12.4. The Balaban J connectivity index is 3.12. The average Bonchev–Trinajstić information content (AvgIpc) is 2.57. The van der Waals surface area contributed by atoms with E-state index in [4.69, 9.17) is 11.6 Å². The molecule has 0 saturated heterocycles. The first-order valence-electron chi connectivity index (χ1n) is 4.96. The van der Waals surface area contributed by atoms with Crippen molar-refractivity contribution < 1.29 is 21.6 Å². The summed E-state index contributed by atoms with van der Waals surface area (Å²) >= 11 is 9.40. The Bertz CT molecular complexity index is 525. The quantitative estimate of drug-likeness (QED) is 0.708. The number of sulfonamides is 1. The lowest BCUT2D eigenvalue weighted by molar-refractivity contribution is -0.135. The number of thiophene rings is 1. The zero-order chi connectivity index (χ0) is 14.8. The van der Waals surface area contributed by atoms with Gasteiger partial charge < -0.3 is 0 Å². The van der Waals surface area contributed by atoms with E-state index >= 15 is 0 Å². The fourth-order valence-corrected chi connectivity index (χ4v) is 5.38. The van der Waals surface area contributed by atoms with Crippen LogP contribution in [0.4, 0.5) is 13.2 Å². The van der Waals surface area contributed by atoms with Crippen LogP contribution in [0.15, 0.2) is 14.1 Å². The van der Waals surface area contributed by atoms with Gasteiger partial charge in [-0.2, -0.15) is 17.5 Å². The summed E-state index contributed by atoms with van der Waals surface area (Å²) in [7, 11) is -4.18. The molecule has 0 amide bonds. The highest BCUT2D eigenvalue weighted by Crippen LogP contribution is 2.33. The molecule has 0 N–H and O–H groups in total. The van der Waals surface area contributed by atoms with Crippen LogP contribution in [-0.2, 0) is 10.0 Å². The molecule has 110 valence electrons. The number of halogens is 5. The Morgan fingerprint density at radius 3 is 2.42 bits per heavy atom. The fourth-order valence-electron chi connectivity index (χ4n) is 1.26. The topological polar surface area (TPSA) is 37.4 Å². The van der Waals surface area contributed by atoms with Crippen LogP contribution >= 0.6 is 38.9 Å². The number of hydrogen-bond donors (Lipinski definition) is 0. The lowest BCUT2D eigenvalue weighted by Crippen LogP contribution is -2.39. The van der Waals surface area contributed by atoms with Crippen molar-refractivity contribution in [3.8, 4) is 0 Å². The van der Waals surface area contributed by atoms with Gasteiger partial charge in [0.05, 0.1) is 3.79 Å². The number of alkyl halides is 4. The lowest BCUT2D eigenvalue weighted by Gasteiger charge is -2.21. The third-order valence-electron chi connectivity index (χ3n) is 2.12. The van der Waals surface area contributed by atoms with E-state index in [0.717, 1.165) is 11.3 Å². The zero-order valence-corrected chi connectivity index (χ0v) is 13.6. The molecule has 0 aliphatic heterocycles. The highest BCUT2D eigenvalue weighted by Gasteiger charge is 2.37. The second-order valence-corrected chi connectivity index (χ2v) is 8.58. The first kappa shape index (κ1) is 17.2. The van der Waals surface area contributed by atoms with Crippen LogP contribution in [0, 0.1) is 6.92 Å². The van der Waals surface area contributed by atoms with Crippen LogP contribution in [-0.4, -0.2) is 37.9 Å². The smallest absolute Gasteiger partial charge is 0.206 e. The molecule has 0 atom stereocenters. The van der Waals surface area contributed by atoms with Crippen molar-refractivity contribution in [1.29, 1.82) is 0 Å². The number of rotatable bonds is 5. The molecule has 3 nitrogen and oxygen atoms in total. The van der Waals surface area contributed by atoms with Gasteiger partial charge in [0, 0.05) is 12.4 Å². The van der Waals surface area contributed by atoms with Crippen molar-refractivity contribution in [3.05, 3.63) is 15.4 Å². The van der Waals surface area contributed by atoms with E-state index in [1.165, 1.54) is 6.07 Å². The standard InChI is InChI=1S/C9H10BrClF3NO2S2/c1-6-4-7(18-8(6)10)19(16,17)15(3-2-11)5-9(12,13)14/h4H,2-3,5H2,1H3. The first-order chi connectivity index (χ1) is 8.58. The molecule has 0 bridgehead atoms. The summed E-state index contributed by atoms with van der Waals surface area (Å²) in [4.78, 5) is 0. The fraction of sp³-hybridized carbons (Fsp3) is 0.556. The van der Waals surface area contributed by atoms with Gasteiger partial charge >= 0.3 is 6.18 Å². The molecule has 0 unspecified atom stereocenters. The molecule has 1 rings (SSSR count). The van der Waals surface area contributed by atoms with E-state index in [1.54, 1.807) is 6.92 Å². The largest absolute Gasteiger partial charge is 0.402 e. The Kier molecular flexibility index (Phi) is 5.71. The summed E-state index contributed by atoms with van der Waals surface area (Å²) in [6.45, 7) is -0.274. The van der Waals surface area contributed by atoms with Gasteiger partial charge in [0.15, 0.2) is 0 Å². The maximum absolute atomic E-state index is 12.4. The van der Waals surface area contributed by atoms with Gasteiger partial charge in [-0.15, -0.1) is 22.9 Å². The van der Waals surface area contributed by atoms with Gasteiger partial charge in [-0.1, -0.05) is 0 Å². The Morgan fingerprint density at radius 1 is 1.47 bits per heavy atom. The summed E-state index contributed by atoms with van der Waals surface area (Å²) in [5.41, 5.74) is 0.654. The number of aryl methyl sites for hydroxylation is 1. The van der Waals surface area contributed by atoms with E-state index < -0.39 is 29.3 Å². The van der Waals surface area contributed by atoms with Crippen molar-refractivity contribution >= 4 is 48.9 Å². The van der Waals surface area contributed by atoms with Crippen molar-refractivity contribution in [2.45, 2.75) is 17.3 Å². The lowest BCUT2D eigenvalue weighted by atomic mass is 10.4. The number of nitrogens with zero attached hydrogens (tertiary/aromatic N) is 1. The van der Waals surface area contributed by atoms with Gasteiger partial charge in [-0.05, 0) is 34.5 Å². The van der Waals surface area contributed by atoms with E-state index in [-0.39, 0.29) is 10.1 Å². The van der Waals surface area contributed by atoms with Gasteiger partial charge in [0.2, 0.25) is 0 Å². The molecule has 1 heterocycles. The van der Waals surface area contributed by atoms with Crippen LogP contribution in [0.3, 0.4) is 0 Å². The Hall–Kier alpha value is 0.170. The van der Waals surface area contributed by atoms with Gasteiger partial charge in [0.1, 0.15) is 10.8 Å². The molecule has 0 aliphatic carbocycles. The predicted octanol–water partition coefficient (Wildman–Crippen LogP) is 3.61. The molecular weight excluding hydrogens is 391 g/mol. The average molecular weight is 401 g/mol. The summed E-state index contributed by atoms with van der Waals surface area (Å²) in [5.74, 6) is -0.208. The third kappa shape index (κ3) is 4.59. The molecule has 0 radical (unpaired) electrons. The molecule has 0 aromatic carbocycles. The summed E-state index contributed by atoms with van der Waals surface area (Å²) in [6.07, 6.45) is -4.61. The molecule has 1 aromatic rings. The van der Waals surface area contributed by atoms with Gasteiger partial charge in [-0.3, -0.25) is 0 Å². The molecule has 0 aliphatic rings. The van der Waals surface area contributed by atoms with E-state index in [9.17, 15) is 21.6 Å². The minimum Gasteiger partial charge on any atom is -0.206 e. The van der Waals surface area contributed by atoms with Crippen molar-refractivity contribution in [2.24, 2.45) is 0 Å². The van der Waals surface area contributed by atoms with Crippen LogP contribution in [0.1, 0.15) is 5.56 Å². The summed E-state index contributed by atoms with van der Waals surface area (Å²) < 4.78 is 62.2. The normalized spacial score (nSPS) is 13.2. The maximum Gasteiger partial charge on any atom is 0.402 e. The molecule has 10 heteroatoms. The molecule has 0 saturated carbocycles. The van der Waals surface area contributed by atoms with Crippen LogP contribution in [0.5, 0.6) is 0 Å². The Labute approximate surface area is 126 Å². The van der Waals surface area contributed by atoms with E-state index in [1.807, 2.05) is 0 Å². The molecule has 19 heavy (non-hydrogen) atoms. The van der Waals surface area contributed by atoms with E-state index in [0.29, 0.717) is 13.7 Å². The van der Waals surface area contributed by atoms with Crippen LogP contribution < -0.4 is 0 Å². The second kappa shape index (κ2) is 6.30. The first-order valence-corrected chi connectivity index (χ1v) is 8.55. The van der Waals surface area contributed by atoms with Crippen molar-refractivity contribution in [3.63, 3.8) is 0 Å². The molecule has 1 aromatic heterocycles. The monoisotopic (exact) mass is 399 g/mol. The zero-order valence-electron chi connectivity index (χ0n) is 9.67. The second-order valence-electron chi connectivity index (χ2n) is 3.66. The Morgan fingerprint density at radius 2 is 2.05 bits per heavy atom. The van der Waals surface area contributed by atoms with Crippen molar-refractivity contribution in [1.82, 2.24) is 4.31 Å². The highest BCUT2D eigenvalue weighted by molar-refractivity contribution is 9.11.